The molecule has 5 nitrogen and oxygen atoms in total. The summed E-state index contributed by atoms with van der Waals surface area (Å²) in [6.45, 7) is 3.49. The van der Waals surface area contributed by atoms with Gasteiger partial charge in [-0.2, -0.15) is 13.2 Å². The Balaban J connectivity index is 1.68. The lowest BCUT2D eigenvalue weighted by Crippen LogP contribution is -2.39. The van der Waals surface area contributed by atoms with Crippen LogP contribution in [0.1, 0.15) is 12.0 Å². The zero-order valence-corrected chi connectivity index (χ0v) is 13.3. The second-order valence-corrected chi connectivity index (χ2v) is 5.47. The van der Waals surface area contributed by atoms with Gasteiger partial charge in [0.15, 0.2) is 0 Å². The van der Waals surface area contributed by atoms with Crippen LogP contribution in [0.5, 0.6) is 5.75 Å². The molecule has 1 aromatic carbocycles. The zero-order valence-electron chi connectivity index (χ0n) is 13.3. The second kappa shape index (κ2) is 8.89. The van der Waals surface area contributed by atoms with Crippen molar-refractivity contribution < 1.29 is 27.4 Å². The van der Waals surface area contributed by atoms with Gasteiger partial charge in [-0.1, -0.05) is 6.07 Å². The lowest BCUT2D eigenvalue weighted by Gasteiger charge is -2.18. The van der Waals surface area contributed by atoms with Gasteiger partial charge in [-0.25, -0.2) is 0 Å². The van der Waals surface area contributed by atoms with E-state index in [0.29, 0.717) is 19.8 Å². The third kappa shape index (κ3) is 6.37. The Hall–Kier alpha value is -1.80. The second-order valence-electron chi connectivity index (χ2n) is 5.47. The van der Waals surface area contributed by atoms with Crippen molar-refractivity contribution in [2.24, 2.45) is 0 Å². The molecule has 1 fully saturated rings. The number of amides is 1. The van der Waals surface area contributed by atoms with Crippen LogP contribution in [0, 0.1) is 0 Å². The minimum Gasteiger partial charge on any atom is -0.492 e. The van der Waals surface area contributed by atoms with Gasteiger partial charge in [0.1, 0.15) is 12.4 Å². The molecule has 1 aliphatic rings. The average molecular weight is 346 g/mol. The van der Waals surface area contributed by atoms with Crippen LogP contribution in [0.3, 0.4) is 0 Å². The van der Waals surface area contributed by atoms with Crippen LogP contribution in [-0.4, -0.2) is 56.8 Å². The van der Waals surface area contributed by atoms with Gasteiger partial charge >= 0.3 is 6.18 Å². The van der Waals surface area contributed by atoms with Gasteiger partial charge in [-0.05, 0) is 24.6 Å². The van der Waals surface area contributed by atoms with E-state index in [1.54, 1.807) is 0 Å². The number of carbonyl (C=O) groups excluding carboxylic acids is 1. The Kier molecular flexibility index (Phi) is 6.86. The molecule has 0 saturated carbocycles. The van der Waals surface area contributed by atoms with E-state index in [1.807, 2.05) is 4.90 Å². The lowest BCUT2D eigenvalue weighted by molar-refractivity contribution is -0.137. The van der Waals surface area contributed by atoms with E-state index in [1.165, 1.54) is 12.1 Å². The van der Waals surface area contributed by atoms with Crippen LogP contribution >= 0.6 is 0 Å². The summed E-state index contributed by atoms with van der Waals surface area (Å²) in [6, 6.07) is 4.67. The predicted molar refractivity (Wildman–Crippen MR) is 81.8 cm³/mol. The molecule has 0 unspecified atom stereocenters. The van der Waals surface area contributed by atoms with Gasteiger partial charge in [0.25, 0.3) is 0 Å². The number of nitrogens with zero attached hydrogens (tertiary/aromatic N) is 1. The number of nitrogens with one attached hydrogen (secondary N) is 1. The van der Waals surface area contributed by atoms with E-state index in [2.05, 4.69) is 5.32 Å². The third-order valence-corrected chi connectivity index (χ3v) is 3.54. The Morgan fingerprint density at radius 1 is 1.29 bits per heavy atom. The molecule has 0 spiro atoms. The number of rotatable bonds is 6. The van der Waals surface area contributed by atoms with E-state index in [-0.39, 0.29) is 31.4 Å². The zero-order chi connectivity index (χ0) is 17.4. The number of halogens is 3. The van der Waals surface area contributed by atoms with Crippen molar-refractivity contribution in [3.8, 4) is 5.75 Å². The molecule has 24 heavy (non-hydrogen) atoms. The summed E-state index contributed by atoms with van der Waals surface area (Å²) in [5.74, 6) is -0.00622. The van der Waals surface area contributed by atoms with Crippen LogP contribution in [0.2, 0.25) is 0 Å². The SMILES string of the molecule is O=C(CN1CCCOCC1)NCCOc1cccc(C(F)(F)F)c1. The van der Waals surface area contributed by atoms with Crippen LogP contribution in [0.15, 0.2) is 24.3 Å². The molecule has 0 aromatic heterocycles. The van der Waals surface area contributed by atoms with Crippen molar-refractivity contribution >= 4 is 5.91 Å². The highest BCUT2D eigenvalue weighted by Gasteiger charge is 2.30. The highest BCUT2D eigenvalue weighted by Crippen LogP contribution is 2.31. The van der Waals surface area contributed by atoms with Crippen molar-refractivity contribution in [1.29, 1.82) is 0 Å². The van der Waals surface area contributed by atoms with Crippen LogP contribution in [-0.2, 0) is 15.7 Å². The Bertz CT molecular complexity index is 530. The predicted octanol–water partition coefficient (Wildman–Crippen LogP) is 1.92. The molecular weight excluding hydrogens is 325 g/mol. The largest absolute Gasteiger partial charge is 0.492 e. The molecule has 1 heterocycles. The molecule has 8 heteroatoms. The molecular formula is C16H21F3N2O3. The third-order valence-electron chi connectivity index (χ3n) is 3.54. The number of hydrogen-bond donors (Lipinski definition) is 1. The molecule has 2 rings (SSSR count). The van der Waals surface area contributed by atoms with Crippen molar-refractivity contribution in [2.75, 3.05) is 46.0 Å². The summed E-state index contributed by atoms with van der Waals surface area (Å²) in [4.78, 5) is 13.8. The number of carbonyl (C=O) groups is 1. The quantitative estimate of drug-likeness (QED) is 0.800. The average Bonchev–Trinajstić information content (AvgIpc) is 2.80. The smallest absolute Gasteiger partial charge is 0.416 e. The van der Waals surface area contributed by atoms with Gasteiger partial charge in [-0.15, -0.1) is 0 Å². The molecule has 1 aromatic rings. The summed E-state index contributed by atoms with van der Waals surface area (Å²) in [7, 11) is 0. The fourth-order valence-electron chi connectivity index (χ4n) is 2.34. The first-order chi connectivity index (χ1) is 11.4. The van der Waals surface area contributed by atoms with E-state index < -0.39 is 11.7 Å². The Labute approximate surface area is 138 Å². The topological polar surface area (TPSA) is 50.8 Å². The first-order valence-electron chi connectivity index (χ1n) is 7.82. The molecule has 1 N–H and O–H groups in total. The highest BCUT2D eigenvalue weighted by molar-refractivity contribution is 5.77. The molecule has 0 atom stereocenters. The van der Waals surface area contributed by atoms with Crippen molar-refractivity contribution in [3.63, 3.8) is 0 Å². The number of hydrogen-bond acceptors (Lipinski definition) is 4. The summed E-state index contributed by atoms with van der Waals surface area (Å²) in [5, 5.41) is 2.70. The highest BCUT2D eigenvalue weighted by atomic mass is 19.4. The van der Waals surface area contributed by atoms with Gasteiger partial charge in [0.05, 0.1) is 25.3 Å². The Morgan fingerprint density at radius 3 is 2.92 bits per heavy atom. The lowest BCUT2D eigenvalue weighted by atomic mass is 10.2. The maximum absolute atomic E-state index is 12.6. The minimum absolute atomic E-state index is 0.107. The summed E-state index contributed by atoms with van der Waals surface area (Å²) in [5.41, 5.74) is -0.757. The number of alkyl halides is 3. The van der Waals surface area contributed by atoms with Gasteiger partial charge in [-0.3, -0.25) is 9.69 Å². The maximum atomic E-state index is 12.6. The summed E-state index contributed by atoms with van der Waals surface area (Å²) < 4.78 is 48.3. The summed E-state index contributed by atoms with van der Waals surface area (Å²) in [6.07, 6.45) is -3.50. The minimum atomic E-state index is -4.40. The van der Waals surface area contributed by atoms with E-state index in [0.717, 1.165) is 25.1 Å². The van der Waals surface area contributed by atoms with Crippen LogP contribution in [0.25, 0.3) is 0 Å². The van der Waals surface area contributed by atoms with E-state index >= 15 is 0 Å². The Morgan fingerprint density at radius 2 is 2.12 bits per heavy atom. The first-order valence-corrected chi connectivity index (χ1v) is 7.82. The molecule has 0 bridgehead atoms. The number of ether oxygens (including phenoxy) is 2. The standard InChI is InChI=1S/C16H21F3N2O3/c17-16(18,19)13-3-1-4-14(11-13)24-9-5-20-15(22)12-21-6-2-8-23-10-7-21/h1,3-4,11H,2,5-10,12H2,(H,20,22). The molecule has 1 aliphatic heterocycles. The maximum Gasteiger partial charge on any atom is 0.416 e. The summed E-state index contributed by atoms with van der Waals surface area (Å²) >= 11 is 0. The van der Waals surface area contributed by atoms with Gasteiger partial charge < -0.3 is 14.8 Å². The monoisotopic (exact) mass is 346 g/mol. The number of benzene rings is 1. The van der Waals surface area contributed by atoms with Crippen LogP contribution < -0.4 is 10.1 Å². The molecule has 0 aliphatic carbocycles. The molecule has 134 valence electrons. The van der Waals surface area contributed by atoms with Crippen LogP contribution in [0.4, 0.5) is 13.2 Å². The fraction of sp³-hybridized carbons (Fsp3) is 0.562. The molecule has 0 radical (unpaired) electrons. The van der Waals surface area contributed by atoms with E-state index in [9.17, 15) is 18.0 Å². The normalized spacial score (nSPS) is 16.5. The van der Waals surface area contributed by atoms with Gasteiger partial charge in [0.2, 0.25) is 5.91 Å². The van der Waals surface area contributed by atoms with Crippen molar-refractivity contribution in [3.05, 3.63) is 29.8 Å². The van der Waals surface area contributed by atoms with Gasteiger partial charge in [0, 0.05) is 19.7 Å². The molecule has 1 saturated heterocycles. The van der Waals surface area contributed by atoms with Crippen molar-refractivity contribution in [2.45, 2.75) is 12.6 Å². The van der Waals surface area contributed by atoms with E-state index in [4.69, 9.17) is 9.47 Å². The van der Waals surface area contributed by atoms with Crippen molar-refractivity contribution in [1.82, 2.24) is 10.2 Å². The fourth-order valence-corrected chi connectivity index (χ4v) is 2.34. The molecule has 1 amide bonds. The first kappa shape index (κ1) is 18.5.